The van der Waals surface area contributed by atoms with Crippen LogP contribution in [0.5, 0.6) is 0 Å². The Bertz CT molecular complexity index is 905. The van der Waals surface area contributed by atoms with Crippen molar-refractivity contribution in [1.82, 2.24) is 9.97 Å². The molecule has 0 fully saturated rings. The van der Waals surface area contributed by atoms with Crippen LogP contribution in [0.15, 0.2) is 36.7 Å². The first-order valence-corrected chi connectivity index (χ1v) is 10.7. The van der Waals surface area contributed by atoms with E-state index >= 15 is 0 Å². The van der Waals surface area contributed by atoms with E-state index in [-0.39, 0.29) is 0 Å². The van der Waals surface area contributed by atoms with Crippen molar-refractivity contribution < 1.29 is 0 Å². The molecule has 1 aromatic heterocycles. The standard InChI is InChI=1S/C27H30N2/c1-3-5-7-9-11-17-27-28-22-26(23-29-27)16-13-12-15-25-20-18-24(19-21-25)14-10-8-6-4-2/h18-23H,3-10,14H2,1-2H3. The van der Waals surface area contributed by atoms with E-state index in [1.807, 2.05) is 0 Å². The summed E-state index contributed by atoms with van der Waals surface area (Å²) >= 11 is 0. The number of rotatable bonds is 8. The van der Waals surface area contributed by atoms with Gasteiger partial charge in [0.25, 0.3) is 0 Å². The fourth-order valence-corrected chi connectivity index (χ4v) is 2.78. The fourth-order valence-electron chi connectivity index (χ4n) is 2.78. The van der Waals surface area contributed by atoms with E-state index in [2.05, 4.69) is 83.6 Å². The molecule has 0 aliphatic carbocycles. The third-order valence-corrected chi connectivity index (χ3v) is 4.51. The average Bonchev–Trinajstić information content (AvgIpc) is 2.76. The van der Waals surface area contributed by atoms with Gasteiger partial charge in [-0.3, -0.25) is 0 Å². The molecule has 0 unspecified atom stereocenters. The lowest BCUT2D eigenvalue weighted by Gasteiger charge is -2.01. The molecule has 1 heterocycles. The molecule has 0 spiro atoms. The van der Waals surface area contributed by atoms with Crippen molar-refractivity contribution in [2.24, 2.45) is 0 Å². The molecule has 0 aliphatic rings. The second-order valence-corrected chi connectivity index (χ2v) is 7.06. The highest BCUT2D eigenvalue weighted by molar-refractivity contribution is 5.44. The Hall–Kier alpha value is -3.02. The number of benzene rings is 1. The molecule has 0 aliphatic heterocycles. The van der Waals surface area contributed by atoms with E-state index in [1.165, 1.54) is 44.1 Å². The van der Waals surface area contributed by atoms with E-state index < -0.39 is 0 Å². The van der Waals surface area contributed by atoms with Crippen molar-refractivity contribution in [3.05, 3.63) is 59.2 Å². The molecule has 0 bridgehead atoms. The van der Waals surface area contributed by atoms with Crippen LogP contribution >= 0.6 is 0 Å². The van der Waals surface area contributed by atoms with Crippen LogP contribution in [-0.4, -0.2) is 9.97 Å². The first kappa shape index (κ1) is 22.3. The lowest BCUT2D eigenvalue weighted by Crippen LogP contribution is -1.89. The summed E-state index contributed by atoms with van der Waals surface area (Å²) in [6.07, 6.45) is 14.2. The molecule has 2 aromatic rings. The van der Waals surface area contributed by atoms with Crippen molar-refractivity contribution >= 4 is 0 Å². The molecule has 2 nitrogen and oxygen atoms in total. The van der Waals surface area contributed by atoms with Crippen LogP contribution in [0.25, 0.3) is 0 Å². The van der Waals surface area contributed by atoms with Gasteiger partial charge >= 0.3 is 0 Å². The lowest BCUT2D eigenvalue weighted by molar-refractivity contribution is 0.667. The monoisotopic (exact) mass is 382 g/mol. The van der Waals surface area contributed by atoms with E-state index in [0.29, 0.717) is 5.82 Å². The Morgan fingerprint density at radius 3 is 2.03 bits per heavy atom. The minimum Gasteiger partial charge on any atom is -0.228 e. The molecular formula is C27H30N2. The summed E-state index contributed by atoms with van der Waals surface area (Å²) in [6.45, 7) is 4.43. The van der Waals surface area contributed by atoms with Crippen molar-refractivity contribution in [2.75, 3.05) is 0 Å². The molecule has 2 heteroatoms. The van der Waals surface area contributed by atoms with Crippen LogP contribution in [0.1, 0.15) is 87.7 Å². The molecule has 0 saturated heterocycles. The van der Waals surface area contributed by atoms with Crippen molar-refractivity contribution in [1.29, 1.82) is 0 Å². The van der Waals surface area contributed by atoms with Gasteiger partial charge in [0.05, 0.1) is 5.56 Å². The summed E-state index contributed by atoms with van der Waals surface area (Å²) in [5, 5.41) is 0. The maximum absolute atomic E-state index is 4.24. The Morgan fingerprint density at radius 2 is 1.34 bits per heavy atom. The van der Waals surface area contributed by atoms with Crippen LogP contribution in [-0.2, 0) is 6.42 Å². The molecule has 1 aromatic carbocycles. The average molecular weight is 383 g/mol. The Labute approximate surface area is 176 Å². The second kappa shape index (κ2) is 14.0. The predicted octanol–water partition coefficient (Wildman–Crippen LogP) is 5.93. The van der Waals surface area contributed by atoms with E-state index in [1.54, 1.807) is 12.4 Å². The normalized spacial score (nSPS) is 9.45. The topological polar surface area (TPSA) is 25.8 Å². The smallest absolute Gasteiger partial charge is 0.204 e. The highest BCUT2D eigenvalue weighted by Crippen LogP contribution is 2.09. The lowest BCUT2D eigenvalue weighted by atomic mass is 10.0. The molecule has 29 heavy (non-hydrogen) atoms. The maximum Gasteiger partial charge on any atom is 0.204 e. The van der Waals surface area contributed by atoms with Gasteiger partial charge in [-0.05, 0) is 60.6 Å². The fraction of sp³-hybridized carbons (Fsp3) is 0.407. The van der Waals surface area contributed by atoms with Crippen LogP contribution < -0.4 is 0 Å². The Kier molecular flexibility index (Phi) is 10.8. The molecular weight excluding hydrogens is 352 g/mol. The summed E-state index contributed by atoms with van der Waals surface area (Å²) in [7, 11) is 0. The zero-order valence-electron chi connectivity index (χ0n) is 17.7. The van der Waals surface area contributed by atoms with Gasteiger partial charge in [-0.15, -0.1) is 0 Å². The van der Waals surface area contributed by atoms with Gasteiger partial charge in [0.1, 0.15) is 0 Å². The van der Waals surface area contributed by atoms with Gasteiger partial charge in [0.15, 0.2) is 0 Å². The summed E-state index contributed by atoms with van der Waals surface area (Å²) in [5.41, 5.74) is 3.11. The molecule has 0 radical (unpaired) electrons. The quantitative estimate of drug-likeness (QED) is 0.417. The molecule has 0 amide bonds. The Morgan fingerprint density at radius 1 is 0.690 bits per heavy atom. The number of aryl methyl sites for hydroxylation is 1. The van der Waals surface area contributed by atoms with Gasteiger partial charge in [0.2, 0.25) is 5.82 Å². The van der Waals surface area contributed by atoms with Crippen molar-refractivity contribution in [2.45, 2.75) is 71.6 Å². The van der Waals surface area contributed by atoms with Crippen LogP contribution in [0.3, 0.4) is 0 Å². The number of hydrogen-bond acceptors (Lipinski definition) is 2. The van der Waals surface area contributed by atoms with Crippen LogP contribution in [0.4, 0.5) is 0 Å². The minimum absolute atomic E-state index is 0.549. The summed E-state index contributed by atoms with van der Waals surface area (Å²) in [4.78, 5) is 8.49. The maximum atomic E-state index is 4.24. The van der Waals surface area contributed by atoms with Gasteiger partial charge in [-0.2, -0.15) is 0 Å². The number of unbranched alkanes of at least 4 members (excludes halogenated alkanes) is 6. The molecule has 0 atom stereocenters. The third-order valence-electron chi connectivity index (χ3n) is 4.51. The van der Waals surface area contributed by atoms with Crippen molar-refractivity contribution in [3.8, 4) is 35.5 Å². The van der Waals surface area contributed by atoms with Crippen LogP contribution in [0, 0.1) is 35.5 Å². The number of aromatic nitrogens is 2. The van der Waals surface area contributed by atoms with Crippen molar-refractivity contribution in [3.63, 3.8) is 0 Å². The van der Waals surface area contributed by atoms with E-state index in [0.717, 1.165) is 30.4 Å². The largest absolute Gasteiger partial charge is 0.228 e. The zero-order valence-corrected chi connectivity index (χ0v) is 17.7. The highest BCUT2D eigenvalue weighted by atomic mass is 14.8. The third kappa shape index (κ3) is 9.65. The predicted molar refractivity (Wildman–Crippen MR) is 121 cm³/mol. The minimum atomic E-state index is 0.549. The van der Waals surface area contributed by atoms with Gasteiger partial charge in [0, 0.05) is 24.4 Å². The number of nitrogens with zero attached hydrogens (tertiary/aromatic N) is 2. The van der Waals surface area contributed by atoms with Gasteiger partial charge in [-0.25, -0.2) is 9.97 Å². The summed E-state index contributed by atoms with van der Waals surface area (Å²) in [6, 6.07) is 8.47. The molecule has 0 N–H and O–H groups in total. The molecule has 148 valence electrons. The SMILES string of the molecule is CCCCCC#Cc1ncc(C#CC#Cc2ccc(CCCCCC)cc2)cn1. The van der Waals surface area contributed by atoms with Crippen LogP contribution in [0.2, 0.25) is 0 Å². The number of hydrogen-bond donors (Lipinski definition) is 0. The van der Waals surface area contributed by atoms with Gasteiger partial charge < -0.3 is 0 Å². The first-order valence-electron chi connectivity index (χ1n) is 10.7. The second-order valence-electron chi connectivity index (χ2n) is 7.06. The Balaban J connectivity index is 1.83. The van der Waals surface area contributed by atoms with E-state index in [4.69, 9.17) is 0 Å². The first-order chi connectivity index (χ1) is 14.3. The molecule has 0 saturated carbocycles. The summed E-state index contributed by atoms with van der Waals surface area (Å²) < 4.78 is 0. The molecule has 2 rings (SSSR count). The zero-order chi connectivity index (χ0) is 20.6. The van der Waals surface area contributed by atoms with E-state index in [9.17, 15) is 0 Å². The highest BCUT2D eigenvalue weighted by Gasteiger charge is 1.94. The van der Waals surface area contributed by atoms with Gasteiger partial charge in [-0.1, -0.05) is 69.9 Å². The summed E-state index contributed by atoms with van der Waals surface area (Å²) in [5.74, 6) is 18.5.